The maximum absolute atomic E-state index is 12.4. The maximum Gasteiger partial charge on any atom is 0.340 e. The molecule has 0 bridgehead atoms. The molecule has 2 heterocycles. The predicted molar refractivity (Wildman–Crippen MR) is 97.1 cm³/mol. The van der Waals surface area contributed by atoms with Gasteiger partial charge in [0.25, 0.3) is 0 Å². The third-order valence-electron chi connectivity index (χ3n) is 4.64. The van der Waals surface area contributed by atoms with Gasteiger partial charge in [0.2, 0.25) is 11.8 Å². The van der Waals surface area contributed by atoms with E-state index in [4.69, 9.17) is 4.74 Å². The SMILES string of the molecule is COc1ccccc1CN1C[C@H](C(=O)NCCc2n[nH]c(=O)[nH]2)CCC1=O. The average molecular weight is 373 g/mol. The summed E-state index contributed by atoms with van der Waals surface area (Å²) in [5.74, 6) is 0.918. The molecule has 1 saturated heterocycles. The summed E-state index contributed by atoms with van der Waals surface area (Å²) >= 11 is 0. The molecule has 1 aromatic heterocycles. The van der Waals surface area contributed by atoms with Crippen molar-refractivity contribution in [1.82, 2.24) is 25.4 Å². The van der Waals surface area contributed by atoms with Crippen molar-refractivity contribution in [3.05, 3.63) is 46.1 Å². The van der Waals surface area contributed by atoms with Crippen LogP contribution in [0.25, 0.3) is 0 Å². The van der Waals surface area contributed by atoms with Crippen LogP contribution in [0.1, 0.15) is 24.2 Å². The van der Waals surface area contributed by atoms with E-state index in [0.29, 0.717) is 44.7 Å². The number of aromatic amines is 2. The zero-order valence-corrected chi connectivity index (χ0v) is 15.2. The molecule has 1 aliphatic rings. The van der Waals surface area contributed by atoms with Crippen LogP contribution in [0.5, 0.6) is 5.75 Å². The second-order valence-corrected chi connectivity index (χ2v) is 6.49. The number of aromatic nitrogens is 3. The Morgan fingerprint density at radius 1 is 1.37 bits per heavy atom. The smallest absolute Gasteiger partial charge is 0.340 e. The lowest BCUT2D eigenvalue weighted by molar-refractivity contribution is -0.138. The number of carbonyl (C=O) groups is 2. The Hall–Kier alpha value is -3.10. The van der Waals surface area contributed by atoms with Gasteiger partial charge in [-0.2, -0.15) is 5.10 Å². The molecular weight excluding hydrogens is 350 g/mol. The van der Waals surface area contributed by atoms with Crippen molar-refractivity contribution in [1.29, 1.82) is 0 Å². The number of para-hydroxylation sites is 1. The first kappa shape index (κ1) is 18.7. The molecule has 1 atom stereocenters. The Kier molecular flexibility index (Phi) is 5.90. The number of likely N-dealkylation sites (tertiary alicyclic amines) is 1. The van der Waals surface area contributed by atoms with E-state index < -0.39 is 0 Å². The summed E-state index contributed by atoms with van der Waals surface area (Å²) in [6, 6.07) is 7.55. The molecule has 3 rings (SSSR count). The zero-order valence-electron chi connectivity index (χ0n) is 15.2. The van der Waals surface area contributed by atoms with Crippen LogP contribution in [-0.2, 0) is 22.6 Å². The second kappa shape index (κ2) is 8.52. The number of H-pyrrole nitrogens is 2. The number of methoxy groups -OCH3 is 1. The summed E-state index contributed by atoms with van der Waals surface area (Å²) in [4.78, 5) is 40.0. The first-order valence-electron chi connectivity index (χ1n) is 8.87. The van der Waals surface area contributed by atoms with Gasteiger partial charge in [-0.3, -0.25) is 14.6 Å². The molecule has 0 unspecified atom stereocenters. The van der Waals surface area contributed by atoms with Gasteiger partial charge in [-0.1, -0.05) is 18.2 Å². The lowest BCUT2D eigenvalue weighted by atomic mass is 9.96. The predicted octanol–water partition coefficient (Wildman–Crippen LogP) is 0.204. The Balaban J connectivity index is 1.54. The van der Waals surface area contributed by atoms with Gasteiger partial charge < -0.3 is 15.0 Å². The van der Waals surface area contributed by atoms with E-state index in [1.807, 2.05) is 24.3 Å². The molecule has 9 heteroatoms. The highest BCUT2D eigenvalue weighted by Crippen LogP contribution is 2.24. The highest BCUT2D eigenvalue weighted by Gasteiger charge is 2.30. The van der Waals surface area contributed by atoms with Crippen LogP contribution in [0.2, 0.25) is 0 Å². The quantitative estimate of drug-likeness (QED) is 0.641. The Bertz CT molecular complexity index is 859. The molecule has 2 aromatic rings. The second-order valence-electron chi connectivity index (χ2n) is 6.49. The molecule has 0 aliphatic carbocycles. The minimum Gasteiger partial charge on any atom is -0.496 e. The van der Waals surface area contributed by atoms with Crippen molar-refractivity contribution < 1.29 is 14.3 Å². The summed E-state index contributed by atoms with van der Waals surface area (Å²) in [7, 11) is 1.60. The van der Waals surface area contributed by atoms with E-state index in [1.54, 1.807) is 12.0 Å². The number of carbonyl (C=O) groups excluding carboxylic acids is 2. The topological polar surface area (TPSA) is 120 Å². The molecule has 0 spiro atoms. The van der Waals surface area contributed by atoms with E-state index in [2.05, 4.69) is 20.5 Å². The lowest BCUT2D eigenvalue weighted by Crippen LogP contribution is -2.45. The highest BCUT2D eigenvalue weighted by molar-refractivity contribution is 5.83. The molecule has 1 aliphatic heterocycles. The number of nitrogens with one attached hydrogen (secondary N) is 3. The summed E-state index contributed by atoms with van der Waals surface area (Å²) in [6.07, 6.45) is 1.31. The Morgan fingerprint density at radius 3 is 2.93 bits per heavy atom. The fourth-order valence-electron chi connectivity index (χ4n) is 3.19. The highest BCUT2D eigenvalue weighted by atomic mass is 16.5. The zero-order chi connectivity index (χ0) is 19.2. The Morgan fingerprint density at radius 2 is 2.19 bits per heavy atom. The molecule has 144 valence electrons. The third-order valence-corrected chi connectivity index (χ3v) is 4.64. The monoisotopic (exact) mass is 373 g/mol. The number of hydrogen-bond acceptors (Lipinski definition) is 5. The van der Waals surface area contributed by atoms with Gasteiger partial charge in [-0.15, -0.1) is 0 Å². The summed E-state index contributed by atoms with van der Waals surface area (Å²) < 4.78 is 5.34. The molecular formula is C18H23N5O4. The number of hydrogen-bond donors (Lipinski definition) is 3. The number of piperidine rings is 1. The average Bonchev–Trinajstić information content (AvgIpc) is 3.09. The number of benzene rings is 1. The number of amides is 2. The number of nitrogens with zero attached hydrogens (tertiary/aromatic N) is 2. The fourth-order valence-corrected chi connectivity index (χ4v) is 3.19. The fraction of sp³-hybridized carbons (Fsp3) is 0.444. The third kappa shape index (κ3) is 4.75. The van der Waals surface area contributed by atoms with Crippen molar-refractivity contribution in [3.63, 3.8) is 0 Å². The number of ether oxygens (including phenoxy) is 1. The molecule has 3 N–H and O–H groups in total. The van der Waals surface area contributed by atoms with Crippen LogP contribution >= 0.6 is 0 Å². The van der Waals surface area contributed by atoms with Gasteiger partial charge in [0.05, 0.1) is 13.0 Å². The van der Waals surface area contributed by atoms with Crippen LogP contribution in [0.4, 0.5) is 0 Å². The normalized spacial score (nSPS) is 17.0. The lowest BCUT2D eigenvalue weighted by Gasteiger charge is -2.32. The van der Waals surface area contributed by atoms with Crippen molar-refractivity contribution in [2.45, 2.75) is 25.8 Å². The summed E-state index contributed by atoms with van der Waals surface area (Å²) in [5, 5.41) is 8.94. The van der Waals surface area contributed by atoms with Crippen molar-refractivity contribution in [3.8, 4) is 5.75 Å². The van der Waals surface area contributed by atoms with E-state index >= 15 is 0 Å². The van der Waals surface area contributed by atoms with Crippen molar-refractivity contribution >= 4 is 11.8 Å². The van der Waals surface area contributed by atoms with E-state index in [1.165, 1.54) is 0 Å². The summed E-state index contributed by atoms with van der Waals surface area (Å²) in [6.45, 7) is 1.17. The maximum atomic E-state index is 12.4. The van der Waals surface area contributed by atoms with Gasteiger partial charge in [-0.25, -0.2) is 9.89 Å². The molecule has 2 amide bonds. The molecule has 1 fully saturated rings. The van der Waals surface area contributed by atoms with Gasteiger partial charge in [-0.05, 0) is 12.5 Å². The van der Waals surface area contributed by atoms with Gasteiger partial charge >= 0.3 is 5.69 Å². The minimum atomic E-state index is -0.367. The Labute approximate surface area is 156 Å². The van der Waals surface area contributed by atoms with Crippen LogP contribution in [-0.4, -0.2) is 52.1 Å². The molecule has 9 nitrogen and oxygen atoms in total. The molecule has 0 radical (unpaired) electrons. The molecule has 0 saturated carbocycles. The van der Waals surface area contributed by atoms with Gasteiger partial charge in [0.1, 0.15) is 11.6 Å². The minimum absolute atomic E-state index is 0.0408. The summed E-state index contributed by atoms with van der Waals surface area (Å²) in [5.41, 5.74) is 0.547. The first-order chi connectivity index (χ1) is 13.1. The van der Waals surface area contributed by atoms with Crippen LogP contribution in [0, 0.1) is 5.92 Å². The van der Waals surface area contributed by atoms with Crippen molar-refractivity contribution in [2.24, 2.45) is 5.92 Å². The van der Waals surface area contributed by atoms with Crippen LogP contribution < -0.4 is 15.7 Å². The van der Waals surface area contributed by atoms with E-state index in [0.717, 1.165) is 11.3 Å². The van der Waals surface area contributed by atoms with E-state index in [9.17, 15) is 14.4 Å². The molecule has 1 aromatic carbocycles. The molecule has 27 heavy (non-hydrogen) atoms. The van der Waals surface area contributed by atoms with E-state index in [-0.39, 0.29) is 23.4 Å². The van der Waals surface area contributed by atoms with Gasteiger partial charge in [0, 0.05) is 38.0 Å². The van der Waals surface area contributed by atoms with Crippen molar-refractivity contribution in [2.75, 3.05) is 20.2 Å². The van der Waals surface area contributed by atoms with Gasteiger partial charge in [0.15, 0.2) is 0 Å². The largest absolute Gasteiger partial charge is 0.496 e. The number of rotatable bonds is 7. The van der Waals surface area contributed by atoms with Crippen LogP contribution in [0.15, 0.2) is 29.1 Å². The first-order valence-corrected chi connectivity index (χ1v) is 8.87. The standard InChI is InChI=1S/C18H23N5O4/c1-27-14-5-3-2-4-12(14)10-23-11-13(6-7-16(23)24)17(25)19-9-8-15-20-18(26)22-21-15/h2-5,13H,6-11H2,1H3,(H,19,25)(H2,20,21,22,26)/t13-/m1/s1. The van der Waals surface area contributed by atoms with Crippen LogP contribution in [0.3, 0.4) is 0 Å².